The molecule has 0 radical (unpaired) electrons. The largest absolute Gasteiger partial charge is 0.460 e. The number of benzene rings is 1. The van der Waals surface area contributed by atoms with E-state index >= 15 is 0 Å². The van der Waals surface area contributed by atoms with Gasteiger partial charge in [0.1, 0.15) is 38.1 Å². The number of hydrogen-bond acceptors (Lipinski definition) is 28. The molecule has 34 nitrogen and oxygen atoms in total. The smallest absolute Gasteiger partial charge is 0.311 e. The second-order valence-electron chi connectivity index (χ2n) is 24.1. The van der Waals surface area contributed by atoms with E-state index in [-0.39, 0.29) is 46.2 Å². The lowest BCUT2D eigenvalue weighted by molar-refractivity contribution is -0.154. The van der Waals surface area contributed by atoms with E-state index in [9.17, 15) is 42.0 Å². The average Bonchev–Trinajstić information content (AvgIpc) is 1.64. The van der Waals surface area contributed by atoms with Gasteiger partial charge < -0.3 is 111 Å². The second kappa shape index (κ2) is 56.5. The SMILES string of the molecule is COCCOCCOCCOCCOCCOCCOCOCCOCCOCCOCCOCCOCCOCCOCCOCCOCC#Cc1cc(NC(=O)[C@H](C)NC(=O)[C@@H](NC(=O)CN2C(=O)[C@@H](N3C(=O)C=CC3=O)C[C@H]2COCCS(=O)(=O)O)C(C)C)ccc1COC(=O)C(C)(C)C. The van der Waals surface area contributed by atoms with Crippen molar-refractivity contribution in [1.29, 1.82) is 0 Å². The van der Waals surface area contributed by atoms with E-state index < -0.39 is 106 Å². The first-order valence-electron chi connectivity index (χ1n) is 34.4. The summed E-state index contributed by atoms with van der Waals surface area (Å²) < 4.78 is 135. The lowest BCUT2D eigenvalue weighted by Gasteiger charge is -2.27. The zero-order valence-electron chi connectivity index (χ0n) is 60.8. The Kier molecular flexibility index (Phi) is 50.2. The highest BCUT2D eigenvalue weighted by Gasteiger charge is 2.47. The Morgan fingerprint density at radius 3 is 1.39 bits per heavy atom. The summed E-state index contributed by atoms with van der Waals surface area (Å²) in [6.07, 6.45) is 1.87. The number of nitrogens with one attached hydrogen (secondary N) is 3. The molecule has 2 aliphatic rings. The number of methoxy groups -OCH3 is 1. The van der Waals surface area contributed by atoms with Gasteiger partial charge in [-0.3, -0.25) is 43.0 Å². The first-order chi connectivity index (χ1) is 49.6. The van der Waals surface area contributed by atoms with Crippen molar-refractivity contribution in [2.75, 3.05) is 250 Å². The number of esters is 1. The van der Waals surface area contributed by atoms with E-state index in [0.717, 1.165) is 22.0 Å². The van der Waals surface area contributed by atoms with Crippen LogP contribution in [0.5, 0.6) is 0 Å². The minimum atomic E-state index is -4.37. The van der Waals surface area contributed by atoms with Crippen molar-refractivity contribution >= 4 is 57.2 Å². The predicted octanol–water partition coefficient (Wildman–Crippen LogP) is 0.380. The third-order valence-corrected chi connectivity index (χ3v) is 15.0. The van der Waals surface area contributed by atoms with Crippen molar-refractivity contribution in [3.8, 4) is 11.8 Å². The van der Waals surface area contributed by atoms with E-state index in [2.05, 4.69) is 27.8 Å². The quantitative estimate of drug-likeness (QED) is 0.0171. The maximum absolute atomic E-state index is 13.7. The molecule has 0 bridgehead atoms. The number of anilines is 1. The Hall–Kier alpha value is -5.80. The number of hydrogen-bond donors (Lipinski definition) is 4. The van der Waals surface area contributed by atoms with Crippen LogP contribution < -0.4 is 16.0 Å². The highest BCUT2D eigenvalue weighted by molar-refractivity contribution is 7.85. The molecule has 6 amide bonds. The van der Waals surface area contributed by atoms with E-state index in [1.54, 1.807) is 59.9 Å². The van der Waals surface area contributed by atoms with E-state index in [4.69, 9.17) is 94.6 Å². The summed E-state index contributed by atoms with van der Waals surface area (Å²) in [5.74, 6) is -0.124. The standard InChI is InChI=1S/C68H111N5O29S/c1-53(2)63(71-60(74)49-72-58(51-99-45-46-103(81,82)83)48-59(66(72)79)73-61(75)12-13-62(73)76)65(78)69-54(3)64(77)70-57-11-10-56(50-102-67(80)68(4,5)6)55(47-57)9-8-14-85-17-18-87-21-22-89-25-26-91-27-28-92-29-30-93-31-32-94-34-36-96-38-40-98-42-44-101-52-100-43-41-97-39-37-95-35-33-90-24-23-88-20-19-86-16-15-84-7/h10-13,47,53-54,58-59,63H,14-46,48-52H2,1-7H3,(H,69,78)(H,70,77)(H,71,74)(H,81,82,83)/t54-,58-,59-,63-/m0/s1. The van der Waals surface area contributed by atoms with Gasteiger partial charge >= 0.3 is 5.97 Å². The number of ether oxygens (including phenoxy) is 19. The fourth-order valence-electron chi connectivity index (χ4n) is 8.88. The molecule has 3 rings (SSSR count). The molecule has 0 saturated carbocycles. The van der Waals surface area contributed by atoms with E-state index in [1.807, 2.05) is 0 Å². The Morgan fingerprint density at radius 2 is 0.981 bits per heavy atom. The third kappa shape index (κ3) is 44.1. The lowest BCUT2D eigenvalue weighted by Crippen LogP contribution is -2.56. The molecule has 35 heteroatoms. The van der Waals surface area contributed by atoms with Crippen molar-refractivity contribution in [2.24, 2.45) is 11.3 Å². The molecule has 0 aromatic heterocycles. The maximum atomic E-state index is 13.7. The predicted molar refractivity (Wildman–Crippen MR) is 368 cm³/mol. The molecule has 2 aliphatic heterocycles. The van der Waals surface area contributed by atoms with Gasteiger partial charge in [0.2, 0.25) is 23.6 Å². The van der Waals surface area contributed by atoms with Gasteiger partial charge in [-0.1, -0.05) is 31.8 Å². The molecular weight excluding hydrogens is 1380 g/mol. The number of rotatable bonds is 64. The van der Waals surface area contributed by atoms with Gasteiger partial charge in [0.05, 0.1) is 235 Å². The fraction of sp³-hybridized carbons (Fsp3) is 0.750. The van der Waals surface area contributed by atoms with Gasteiger partial charge in [-0.25, -0.2) is 0 Å². The fourth-order valence-corrected chi connectivity index (χ4v) is 9.20. The number of likely N-dealkylation sites (tertiary alicyclic amines) is 1. The molecule has 2 heterocycles. The molecular formula is C68H111N5O29S. The molecule has 0 spiro atoms. The Labute approximate surface area is 604 Å². The number of amides is 6. The summed E-state index contributed by atoms with van der Waals surface area (Å²) in [5, 5.41) is 7.96. The second-order valence-corrected chi connectivity index (χ2v) is 25.6. The van der Waals surface area contributed by atoms with Crippen LogP contribution in [-0.2, 0) is 140 Å². The molecule has 4 atom stereocenters. The van der Waals surface area contributed by atoms with E-state index in [1.165, 1.54) is 6.92 Å². The van der Waals surface area contributed by atoms with Crippen LogP contribution in [0.25, 0.3) is 0 Å². The maximum Gasteiger partial charge on any atom is 0.311 e. The normalized spacial score (nSPS) is 15.3. The number of imide groups is 1. The number of carbonyl (C=O) groups excluding carboxylic acids is 7. The minimum absolute atomic E-state index is 0.0222. The summed E-state index contributed by atoms with van der Waals surface area (Å²) in [4.78, 5) is 93.9. The van der Waals surface area contributed by atoms with Gasteiger partial charge in [-0.05, 0) is 45.7 Å². The van der Waals surface area contributed by atoms with Crippen molar-refractivity contribution in [3.05, 3.63) is 41.5 Å². The molecule has 1 aromatic carbocycles. The van der Waals surface area contributed by atoms with Crippen molar-refractivity contribution in [1.82, 2.24) is 20.4 Å². The van der Waals surface area contributed by atoms with Gasteiger partial charge in [-0.15, -0.1) is 0 Å². The summed E-state index contributed by atoms with van der Waals surface area (Å²) in [5.41, 5.74) is 0.503. The molecule has 103 heavy (non-hydrogen) atoms. The van der Waals surface area contributed by atoms with Gasteiger partial charge in [-0.2, -0.15) is 8.42 Å². The Bertz CT molecular complexity index is 2750. The van der Waals surface area contributed by atoms with Crippen LogP contribution >= 0.6 is 0 Å². The van der Waals surface area contributed by atoms with Gasteiger partial charge in [0.25, 0.3) is 21.9 Å². The minimum Gasteiger partial charge on any atom is -0.460 e. The zero-order valence-corrected chi connectivity index (χ0v) is 61.6. The van der Waals surface area contributed by atoms with Crippen LogP contribution in [0.4, 0.5) is 5.69 Å². The molecule has 4 N–H and O–H groups in total. The van der Waals surface area contributed by atoms with Crippen LogP contribution in [0.2, 0.25) is 0 Å². The van der Waals surface area contributed by atoms with Gasteiger partial charge in [0, 0.05) is 42.5 Å². The summed E-state index contributed by atoms with van der Waals surface area (Å²) in [6, 6.07) is 0.260. The first kappa shape index (κ1) is 91.4. The lowest BCUT2D eigenvalue weighted by atomic mass is 9.97. The monoisotopic (exact) mass is 1490 g/mol. The number of nitrogens with zero attached hydrogens (tertiary/aromatic N) is 2. The van der Waals surface area contributed by atoms with Gasteiger partial charge in [0.15, 0.2) is 0 Å². The zero-order chi connectivity index (χ0) is 75.2. The molecule has 1 fully saturated rings. The highest BCUT2D eigenvalue weighted by Crippen LogP contribution is 2.27. The highest BCUT2D eigenvalue weighted by atomic mass is 32.2. The molecule has 0 aliphatic carbocycles. The average molecular weight is 1490 g/mol. The first-order valence-corrected chi connectivity index (χ1v) is 36.0. The summed E-state index contributed by atoms with van der Waals surface area (Å²) in [6.45, 7) is 21.6. The topological polar surface area (TPSA) is 392 Å². The Morgan fingerprint density at radius 1 is 0.563 bits per heavy atom. The van der Waals surface area contributed by atoms with Crippen LogP contribution in [0.15, 0.2) is 30.4 Å². The van der Waals surface area contributed by atoms with Crippen LogP contribution in [0, 0.1) is 23.2 Å². The molecule has 0 unspecified atom stereocenters. The third-order valence-electron chi connectivity index (χ3n) is 14.3. The van der Waals surface area contributed by atoms with Crippen LogP contribution in [-0.4, -0.2) is 333 Å². The van der Waals surface area contributed by atoms with Crippen molar-refractivity contribution in [2.45, 2.75) is 78.7 Å². The summed E-state index contributed by atoms with van der Waals surface area (Å²) in [7, 11) is -2.74. The van der Waals surface area contributed by atoms with E-state index in [0.29, 0.717) is 202 Å². The van der Waals surface area contributed by atoms with Crippen molar-refractivity contribution in [3.63, 3.8) is 0 Å². The molecule has 1 saturated heterocycles. The molecule has 588 valence electrons. The molecule has 1 aromatic rings. The van der Waals surface area contributed by atoms with Crippen LogP contribution in [0.1, 0.15) is 59.1 Å². The number of carbonyl (C=O) groups is 7. The Balaban J connectivity index is 1.18. The summed E-state index contributed by atoms with van der Waals surface area (Å²) >= 11 is 0. The van der Waals surface area contributed by atoms with Crippen LogP contribution in [0.3, 0.4) is 0 Å². The van der Waals surface area contributed by atoms with Crippen molar-refractivity contribution < 1.29 is 137 Å².